The first-order valence-electron chi connectivity index (χ1n) is 5.67. The maximum Gasteiger partial charge on any atom is 0.268 e. The molecule has 0 atom stereocenters. The Morgan fingerprint density at radius 1 is 1.29 bits per heavy atom. The molecule has 17 heavy (non-hydrogen) atoms. The summed E-state index contributed by atoms with van der Waals surface area (Å²) in [7, 11) is 0. The number of hydrogen-bond acceptors (Lipinski definition) is 2. The van der Waals surface area contributed by atoms with Crippen LogP contribution in [-0.4, -0.2) is 16.9 Å². The first-order chi connectivity index (χ1) is 8.24. The highest BCUT2D eigenvalue weighted by molar-refractivity contribution is 5.96. The van der Waals surface area contributed by atoms with Gasteiger partial charge in [-0.25, -0.2) is 0 Å². The highest BCUT2D eigenvalue weighted by Crippen LogP contribution is 2.19. The molecule has 3 rings (SSSR count). The van der Waals surface area contributed by atoms with Crippen LogP contribution >= 0.6 is 0 Å². The van der Waals surface area contributed by atoms with Gasteiger partial charge in [-0.05, 0) is 30.4 Å². The van der Waals surface area contributed by atoms with Crippen molar-refractivity contribution >= 4 is 16.7 Å². The molecule has 0 unspecified atom stereocenters. The fourth-order valence-corrected chi connectivity index (χ4v) is 1.82. The molecule has 1 saturated carbocycles. The van der Waals surface area contributed by atoms with E-state index in [-0.39, 0.29) is 17.5 Å². The number of pyridine rings is 1. The minimum atomic E-state index is -0.218. The van der Waals surface area contributed by atoms with E-state index in [1.165, 1.54) is 0 Å². The van der Waals surface area contributed by atoms with Crippen LogP contribution < -0.4 is 10.9 Å². The van der Waals surface area contributed by atoms with Crippen LogP contribution in [0.4, 0.5) is 0 Å². The van der Waals surface area contributed by atoms with Crippen molar-refractivity contribution < 1.29 is 4.79 Å². The van der Waals surface area contributed by atoms with Crippen LogP contribution in [0.1, 0.15) is 23.3 Å². The standard InChI is InChI=1S/C13H12N2O2/c16-12-10-4-2-1-3-8(10)7-11(15-12)13(17)14-9-5-6-9/h1-4,7,9H,5-6H2,(H,14,17)(H,15,16). The van der Waals surface area contributed by atoms with Crippen molar-refractivity contribution in [2.24, 2.45) is 0 Å². The average Bonchev–Trinajstić information content (AvgIpc) is 3.13. The normalized spacial score (nSPS) is 14.8. The molecule has 2 aromatic rings. The Kier molecular flexibility index (Phi) is 2.21. The summed E-state index contributed by atoms with van der Waals surface area (Å²) in [5.74, 6) is -0.199. The molecule has 1 aliphatic rings. The van der Waals surface area contributed by atoms with E-state index >= 15 is 0 Å². The molecule has 0 radical (unpaired) electrons. The Labute approximate surface area is 97.7 Å². The van der Waals surface area contributed by atoms with E-state index in [0.29, 0.717) is 11.1 Å². The van der Waals surface area contributed by atoms with Gasteiger partial charge in [-0.2, -0.15) is 0 Å². The first-order valence-corrected chi connectivity index (χ1v) is 5.67. The van der Waals surface area contributed by atoms with Gasteiger partial charge in [0.15, 0.2) is 0 Å². The van der Waals surface area contributed by atoms with Crippen molar-refractivity contribution in [3.8, 4) is 0 Å². The summed E-state index contributed by atoms with van der Waals surface area (Å²) >= 11 is 0. The summed E-state index contributed by atoms with van der Waals surface area (Å²) in [5.41, 5.74) is 0.115. The largest absolute Gasteiger partial charge is 0.348 e. The third kappa shape index (κ3) is 1.93. The minimum Gasteiger partial charge on any atom is -0.348 e. The van der Waals surface area contributed by atoms with Gasteiger partial charge in [-0.1, -0.05) is 18.2 Å². The number of amides is 1. The highest BCUT2D eigenvalue weighted by atomic mass is 16.2. The molecule has 1 heterocycles. The van der Waals surface area contributed by atoms with Crippen molar-refractivity contribution in [2.75, 3.05) is 0 Å². The molecule has 0 saturated heterocycles. The number of hydrogen-bond donors (Lipinski definition) is 2. The first kappa shape index (κ1) is 10.1. The molecule has 1 aromatic carbocycles. The maximum atomic E-state index is 11.8. The number of benzene rings is 1. The summed E-state index contributed by atoms with van der Waals surface area (Å²) in [5, 5.41) is 4.25. The van der Waals surface area contributed by atoms with Gasteiger partial charge >= 0.3 is 0 Å². The zero-order chi connectivity index (χ0) is 11.8. The number of carbonyl (C=O) groups is 1. The second-order valence-corrected chi connectivity index (χ2v) is 4.35. The number of H-pyrrole nitrogens is 1. The molecule has 86 valence electrons. The highest BCUT2D eigenvalue weighted by Gasteiger charge is 2.24. The lowest BCUT2D eigenvalue weighted by molar-refractivity contribution is 0.0946. The molecule has 1 aromatic heterocycles. The maximum absolute atomic E-state index is 11.8. The van der Waals surface area contributed by atoms with E-state index in [4.69, 9.17) is 0 Å². The molecule has 1 amide bonds. The van der Waals surface area contributed by atoms with Gasteiger partial charge in [0.25, 0.3) is 11.5 Å². The van der Waals surface area contributed by atoms with Crippen molar-refractivity contribution in [3.63, 3.8) is 0 Å². The quantitative estimate of drug-likeness (QED) is 0.816. The van der Waals surface area contributed by atoms with Crippen LogP contribution in [0.3, 0.4) is 0 Å². The number of fused-ring (bicyclic) bond motifs is 1. The second-order valence-electron chi connectivity index (χ2n) is 4.35. The van der Waals surface area contributed by atoms with E-state index in [1.54, 1.807) is 12.1 Å². The zero-order valence-corrected chi connectivity index (χ0v) is 9.19. The lowest BCUT2D eigenvalue weighted by Gasteiger charge is -2.04. The topological polar surface area (TPSA) is 62.0 Å². The number of aromatic amines is 1. The van der Waals surface area contributed by atoms with Crippen LogP contribution in [0.2, 0.25) is 0 Å². The van der Waals surface area contributed by atoms with Gasteiger partial charge in [0, 0.05) is 11.4 Å². The van der Waals surface area contributed by atoms with Crippen LogP contribution in [0.25, 0.3) is 10.8 Å². The molecule has 0 aliphatic heterocycles. The Hall–Kier alpha value is -2.10. The van der Waals surface area contributed by atoms with Crippen molar-refractivity contribution in [2.45, 2.75) is 18.9 Å². The zero-order valence-electron chi connectivity index (χ0n) is 9.19. The van der Waals surface area contributed by atoms with Crippen LogP contribution in [0.15, 0.2) is 35.1 Å². The SMILES string of the molecule is O=C(NC1CC1)c1cc2ccccc2c(=O)[nH]1. The molecule has 0 spiro atoms. The van der Waals surface area contributed by atoms with E-state index in [0.717, 1.165) is 18.2 Å². The fraction of sp³-hybridized carbons (Fsp3) is 0.231. The Bertz CT molecular complexity index is 641. The van der Waals surface area contributed by atoms with E-state index < -0.39 is 0 Å². The fourth-order valence-electron chi connectivity index (χ4n) is 1.82. The molecule has 4 nitrogen and oxygen atoms in total. The number of aromatic nitrogens is 1. The summed E-state index contributed by atoms with van der Waals surface area (Å²) in [6, 6.07) is 9.24. The molecular formula is C13H12N2O2. The van der Waals surface area contributed by atoms with Gasteiger partial charge in [-0.15, -0.1) is 0 Å². The average molecular weight is 228 g/mol. The number of nitrogens with one attached hydrogen (secondary N) is 2. The monoisotopic (exact) mass is 228 g/mol. The molecule has 0 bridgehead atoms. The Morgan fingerprint density at radius 3 is 2.82 bits per heavy atom. The third-order valence-corrected chi connectivity index (χ3v) is 2.91. The molecule has 2 N–H and O–H groups in total. The molecule has 4 heteroatoms. The Morgan fingerprint density at radius 2 is 2.06 bits per heavy atom. The number of rotatable bonds is 2. The van der Waals surface area contributed by atoms with Gasteiger partial charge in [0.2, 0.25) is 0 Å². The van der Waals surface area contributed by atoms with Crippen LogP contribution in [0, 0.1) is 0 Å². The van der Waals surface area contributed by atoms with Gasteiger partial charge in [-0.3, -0.25) is 9.59 Å². The van der Waals surface area contributed by atoms with E-state index in [9.17, 15) is 9.59 Å². The Balaban J connectivity index is 2.05. The summed E-state index contributed by atoms with van der Waals surface area (Å²) < 4.78 is 0. The lowest BCUT2D eigenvalue weighted by Crippen LogP contribution is -2.28. The number of carbonyl (C=O) groups excluding carboxylic acids is 1. The second kappa shape index (κ2) is 3.73. The molecule has 1 fully saturated rings. The van der Waals surface area contributed by atoms with Crippen LogP contribution in [0.5, 0.6) is 0 Å². The minimum absolute atomic E-state index is 0.199. The summed E-state index contributed by atoms with van der Waals surface area (Å²) in [4.78, 5) is 26.2. The van der Waals surface area contributed by atoms with E-state index in [2.05, 4.69) is 10.3 Å². The van der Waals surface area contributed by atoms with Gasteiger partial charge < -0.3 is 10.3 Å². The summed E-state index contributed by atoms with van der Waals surface area (Å²) in [6.07, 6.45) is 2.06. The molecular weight excluding hydrogens is 216 g/mol. The van der Waals surface area contributed by atoms with Crippen molar-refractivity contribution in [1.82, 2.24) is 10.3 Å². The van der Waals surface area contributed by atoms with Gasteiger partial charge in [0.05, 0.1) is 0 Å². The van der Waals surface area contributed by atoms with Crippen LogP contribution in [-0.2, 0) is 0 Å². The third-order valence-electron chi connectivity index (χ3n) is 2.91. The predicted molar refractivity (Wildman–Crippen MR) is 65.1 cm³/mol. The van der Waals surface area contributed by atoms with E-state index in [1.807, 2.05) is 18.2 Å². The smallest absolute Gasteiger partial charge is 0.268 e. The van der Waals surface area contributed by atoms with Crippen molar-refractivity contribution in [3.05, 3.63) is 46.4 Å². The predicted octanol–water partition coefficient (Wildman–Crippen LogP) is 1.42. The molecule has 1 aliphatic carbocycles. The van der Waals surface area contributed by atoms with Gasteiger partial charge in [0.1, 0.15) is 5.69 Å². The summed E-state index contributed by atoms with van der Waals surface area (Å²) in [6.45, 7) is 0. The lowest BCUT2D eigenvalue weighted by atomic mass is 10.1. The van der Waals surface area contributed by atoms with Crippen molar-refractivity contribution in [1.29, 1.82) is 0 Å².